The number of unbranched alkanes of at least 4 members (excludes halogenated alkanes) is 1. The Hall–Kier alpha value is -2.30. The molecule has 5 heteroatoms. The van der Waals surface area contributed by atoms with E-state index >= 15 is 0 Å². The van der Waals surface area contributed by atoms with Crippen LogP contribution in [0.25, 0.3) is 22.2 Å². The lowest BCUT2D eigenvalue weighted by molar-refractivity contribution is 0.0699. The van der Waals surface area contributed by atoms with Gasteiger partial charge in [0.2, 0.25) is 0 Å². The summed E-state index contributed by atoms with van der Waals surface area (Å²) in [5.41, 5.74) is 13.3. The molecule has 0 radical (unpaired) electrons. The first-order valence-electron chi connectivity index (χ1n) is 9.19. The van der Waals surface area contributed by atoms with Gasteiger partial charge in [-0.05, 0) is 75.4 Å². The van der Waals surface area contributed by atoms with Gasteiger partial charge in [-0.3, -0.25) is 0 Å². The number of fused-ring (bicyclic) bond motifs is 1. The highest BCUT2D eigenvalue weighted by atomic mass is 35.5. The van der Waals surface area contributed by atoms with Crippen molar-refractivity contribution >= 4 is 28.5 Å². The second-order valence-corrected chi connectivity index (χ2v) is 7.56. The number of hydrogen-bond acceptors (Lipinski definition) is 2. The number of nitrogens with two attached hydrogens (primary N) is 1. The summed E-state index contributed by atoms with van der Waals surface area (Å²) in [4.78, 5) is 15.3. The number of H-pyrrole nitrogens is 1. The van der Waals surface area contributed by atoms with Gasteiger partial charge in [-0.15, -0.1) is 0 Å². The fraction of sp³-hybridized carbons (Fsp3) is 0.318. The van der Waals surface area contributed by atoms with Crippen LogP contribution >= 0.6 is 11.6 Å². The number of benzene rings is 2. The molecule has 0 amide bonds. The molecule has 0 atom stereocenters. The number of aromatic nitrogens is 1. The quantitative estimate of drug-likeness (QED) is 0.498. The molecule has 142 valence electrons. The van der Waals surface area contributed by atoms with Crippen molar-refractivity contribution in [3.8, 4) is 11.3 Å². The topological polar surface area (TPSA) is 79.1 Å². The van der Waals surface area contributed by atoms with Crippen LogP contribution in [0.3, 0.4) is 0 Å². The molecule has 0 aliphatic rings. The number of aromatic amines is 1. The van der Waals surface area contributed by atoms with Gasteiger partial charge in [0.05, 0.1) is 21.8 Å². The molecular formula is C22H25ClN2O2. The van der Waals surface area contributed by atoms with Gasteiger partial charge in [0.25, 0.3) is 0 Å². The first kappa shape index (κ1) is 19.5. The highest BCUT2D eigenvalue weighted by Crippen LogP contribution is 2.39. The summed E-state index contributed by atoms with van der Waals surface area (Å²) >= 11 is 6.43. The van der Waals surface area contributed by atoms with Crippen molar-refractivity contribution in [3.05, 3.63) is 57.1 Å². The lowest BCUT2D eigenvalue weighted by Gasteiger charge is -2.13. The second-order valence-electron chi connectivity index (χ2n) is 7.15. The minimum Gasteiger partial charge on any atom is -0.478 e. The van der Waals surface area contributed by atoms with E-state index in [1.54, 1.807) is 12.1 Å². The Kier molecular flexibility index (Phi) is 5.59. The largest absolute Gasteiger partial charge is 0.478 e. The van der Waals surface area contributed by atoms with E-state index in [0.717, 1.165) is 47.2 Å². The van der Waals surface area contributed by atoms with Crippen molar-refractivity contribution in [3.63, 3.8) is 0 Å². The van der Waals surface area contributed by atoms with E-state index in [1.807, 2.05) is 0 Å². The first-order valence-corrected chi connectivity index (χ1v) is 9.57. The van der Waals surface area contributed by atoms with Gasteiger partial charge in [-0.2, -0.15) is 0 Å². The third-order valence-corrected chi connectivity index (χ3v) is 5.36. The molecule has 1 heterocycles. The molecule has 3 rings (SSSR count). The van der Waals surface area contributed by atoms with Gasteiger partial charge < -0.3 is 15.8 Å². The highest BCUT2D eigenvalue weighted by Gasteiger charge is 2.22. The molecule has 27 heavy (non-hydrogen) atoms. The van der Waals surface area contributed by atoms with Gasteiger partial charge >= 0.3 is 5.97 Å². The molecule has 3 aromatic rings. The van der Waals surface area contributed by atoms with Crippen LogP contribution in [0.2, 0.25) is 5.02 Å². The Labute approximate surface area is 164 Å². The maximum Gasteiger partial charge on any atom is 0.336 e. The number of carboxylic acids is 1. The third-order valence-electron chi connectivity index (χ3n) is 5.05. The number of nitrogens with one attached hydrogen (secondary N) is 1. The molecule has 0 bridgehead atoms. The normalized spacial score (nSPS) is 11.3. The summed E-state index contributed by atoms with van der Waals surface area (Å²) in [6, 6.07) is 7.53. The molecule has 0 saturated carbocycles. The molecule has 1 aromatic heterocycles. The van der Waals surface area contributed by atoms with Gasteiger partial charge in [0, 0.05) is 10.9 Å². The van der Waals surface area contributed by atoms with E-state index in [0.29, 0.717) is 22.5 Å². The average Bonchev–Trinajstić information content (AvgIpc) is 2.94. The van der Waals surface area contributed by atoms with Crippen LogP contribution in [-0.4, -0.2) is 22.6 Å². The van der Waals surface area contributed by atoms with E-state index in [2.05, 4.69) is 37.9 Å². The highest BCUT2D eigenvalue weighted by molar-refractivity contribution is 6.36. The monoisotopic (exact) mass is 384 g/mol. The molecule has 0 spiro atoms. The predicted molar refractivity (Wildman–Crippen MR) is 112 cm³/mol. The number of aromatic carboxylic acids is 1. The molecule has 4 nitrogen and oxygen atoms in total. The SMILES string of the molecule is Cc1cc(C)c(-c2[nH]c3c(Cl)ccc(C(=O)O)c3c2CCCCN)c(C)c1. The molecule has 0 unspecified atom stereocenters. The number of carboxylic acid groups (broad SMARTS) is 1. The van der Waals surface area contributed by atoms with E-state index in [4.69, 9.17) is 17.3 Å². The Balaban J connectivity index is 2.35. The van der Waals surface area contributed by atoms with Crippen molar-refractivity contribution in [1.29, 1.82) is 0 Å². The third kappa shape index (κ3) is 3.60. The Bertz CT molecular complexity index is 998. The Morgan fingerprint density at radius 3 is 2.41 bits per heavy atom. The molecule has 2 aromatic carbocycles. The zero-order valence-corrected chi connectivity index (χ0v) is 16.7. The lowest BCUT2D eigenvalue weighted by Crippen LogP contribution is -2.02. The molecule has 4 N–H and O–H groups in total. The molecule has 0 aliphatic heterocycles. The van der Waals surface area contributed by atoms with Crippen molar-refractivity contribution in [1.82, 2.24) is 4.98 Å². The second kappa shape index (κ2) is 7.75. The fourth-order valence-corrected chi connectivity index (χ4v) is 4.21. The Morgan fingerprint density at radius 1 is 1.15 bits per heavy atom. The summed E-state index contributed by atoms with van der Waals surface area (Å²) in [5.74, 6) is -0.945. The van der Waals surface area contributed by atoms with Gasteiger partial charge in [-0.25, -0.2) is 4.79 Å². The van der Waals surface area contributed by atoms with E-state index in [-0.39, 0.29) is 5.56 Å². The molecular weight excluding hydrogens is 360 g/mol. The summed E-state index contributed by atoms with van der Waals surface area (Å²) in [6.45, 7) is 6.87. The summed E-state index contributed by atoms with van der Waals surface area (Å²) in [5, 5.41) is 11.0. The standard InChI is InChI=1S/C22H25ClN2O2/c1-12-10-13(2)18(14(3)11-12)20-15(6-4-5-9-24)19-16(22(26)27)7-8-17(23)21(19)25-20/h7-8,10-11,25H,4-6,9,24H2,1-3H3,(H,26,27). The van der Waals surface area contributed by atoms with Crippen LogP contribution in [0.4, 0.5) is 0 Å². The van der Waals surface area contributed by atoms with Crippen molar-refractivity contribution in [2.75, 3.05) is 6.54 Å². The van der Waals surface area contributed by atoms with Crippen LogP contribution in [-0.2, 0) is 6.42 Å². The zero-order valence-electron chi connectivity index (χ0n) is 15.9. The van der Waals surface area contributed by atoms with Crippen molar-refractivity contribution in [2.45, 2.75) is 40.0 Å². The molecule has 0 fully saturated rings. The maximum atomic E-state index is 11.9. The van der Waals surface area contributed by atoms with Gasteiger partial charge in [0.1, 0.15) is 0 Å². The number of halogens is 1. The van der Waals surface area contributed by atoms with Crippen LogP contribution in [0.1, 0.15) is 45.5 Å². The number of rotatable bonds is 6. The van der Waals surface area contributed by atoms with Crippen LogP contribution in [0.15, 0.2) is 24.3 Å². The van der Waals surface area contributed by atoms with Crippen LogP contribution in [0, 0.1) is 20.8 Å². The van der Waals surface area contributed by atoms with E-state index < -0.39 is 5.97 Å². The number of carbonyl (C=O) groups is 1. The summed E-state index contributed by atoms with van der Waals surface area (Å²) in [7, 11) is 0. The summed E-state index contributed by atoms with van der Waals surface area (Å²) in [6.07, 6.45) is 2.53. The summed E-state index contributed by atoms with van der Waals surface area (Å²) < 4.78 is 0. The minimum atomic E-state index is -0.945. The minimum absolute atomic E-state index is 0.280. The fourth-order valence-electron chi connectivity index (χ4n) is 4.00. The van der Waals surface area contributed by atoms with Gasteiger partial charge in [-0.1, -0.05) is 29.3 Å². The smallest absolute Gasteiger partial charge is 0.336 e. The van der Waals surface area contributed by atoms with Crippen LogP contribution < -0.4 is 5.73 Å². The zero-order chi connectivity index (χ0) is 19.7. The molecule has 0 aliphatic carbocycles. The van der Waals surface area contributed by atoms with Crippen molar-refractivity contribution in [2.24, 2.45) is 5.73 Å². The lowest BCUT2D eigenvalue weighted by atomic mass is 9.92. The van der Waals surface area contributed by atoms with Crippen molar-refractivity contribution < 1.29 is 9.90 Å². The van der Waals surface area contributed by atoms with Gasteiger partial charge in [0.15, 0.2) is 0 Å². The number of hydrogen-bond donors (Lipinski definition) is 3. The number of aryl methyl sites for hydroxylation is 4. The molecule has 0 saturated heterocycles. The van der Waals surface area contributed by atoms with E-state index in [1.165, 1.54) is 5.56 Å². The first-order chi connectivity index (χ1) is 12.8. The average molecular weight is 385 g/mol. The predicted octanol–water partition coefficient (Wildman–Crippen LogP) is 5.39. The van der Waals surface area contributed by atoms with Crippen LogP contribution in [0.5, 0.6) is 0 Å². The Morgan fingerprint density at radius 2 is 1.81 bits per heavy atom. The van der Waals surface area contributed by atoms with E-state index in [9.17, 15) is 9.90 Å². The maximum absolute atomic E-state index is 11.9.